The lowest BCUT2D eigenvalue weighted by Crippen LogP contribution is -2.41. The summed E-state index contributed by atoms with van der Waals surface area (Å²) < 4.78 is 0. The van der Waals surface area contributed by atoms with Gasteiger partial charge < -0.3 is 11.1 Å². The Labute approximate surface area is 428 Å². The number of benzene rings is 3. The molecule has 6 aromatic rings. The molecule has 3 aromatic carbocycles. The molecule has 0 amide bonds. The minimum atomic E-state index is 0.649. The molecule has 3 aliphatic carbocycles. The molecule has 9 rings (SSSR count). The predicted molar refractivity (Wildman–Crippen MR) is 302 cm³/mol. The van der Waals surface area contributed by atoms with E-state index in [1.807, 2.05) is 41.5 Å². The highest BCUT2D eigenvalue weighted by molar-refractivity contribution is 7.98. The number of hydrogen-bond acceptors (Lipinski definition) is 9. The molecular formula is C59H81N5S4. The van der Waals surface area contributed by atoms with Gasteiger partial charge in [0.15, 0.2) is 0 Å². The van der Waals surface area contributed by atoms with Gasteiger partial charge in [0, 0.05) is 61.1 Å². The van der Waals surface area contributed by atoms with Crippen molar-refractivity contribution < 1.29 is 0 Å². The SMILES string of the molecule is CCCN(CCc1ccsc1)C1CCc2cccc(N)c2C1.CCCN(CCc1ccsc1)C1CCc2cccc(NC)c2C1.CCCN(CCc1ccsc1)C1CCc2cccc(SC)c2C1. The lowest BCUT2D eigenvalue weighted by molar-refractivity contribution is 0.181. The molecule has 3 atom stereocenters. The van der Waals surface area contributed by atoms with Crippen LogP contribution in [0, 0.1) is 0 Å². The van der Waals surface area contributed by atoms with Gasteiger partial charge in [-0.1, -0.05) is 57.2 Å². The number of aryl methyl sites for hydroxylation is 3. The van der Waals surface area contributed by atoms with E-state index < -0.39 is 0 Å². The second-order valence-electron chi connectivity index (χ2n) is 19.2. The quantitative estimate of drug-likeness (QED) is 0.0587. The van der Waals surface area contributed by atoms with Gasteiger partial charge in [-0.3, -0.25) is 14.7 Å². The van der Waals surface area contributed by atoms with Crippen molar-refractivity contribution in [2.45, 2.75) is 140 Å². The molecule has 3 N–H and O–H groups in total. The van der Waals surface area contributed by atoms with Crippen LogP contribution in [0.3, 0.4) is 0 Å². The van der Waals surface area contributed by atoms with Crippen LogP contribution in [-0.4, -0.2) is 85.4 Å². The Kier molecular flexibility index (Phi) is 21.5. The van der Waals surface area contributed by atoms with Gasteiger partial charge in [0.05, 0.1) is 0 Å². The van der Waals surface area contributed by atoms with Gasteiger partial charge >= 0.3 is 0 Å². The summed E-state index contributed by atoms with van der Waals surface area (Å²) in [6.07, 6.45) is 20.5. The first-order chi connectivity index (χ1) is 33.4. The van der Waals surface area contributed by atoms with Crippen LogP contribution >= 0.6 is 45.8 Å². The monoisotopic (exact) mass is 988 g/mol. The average Bonchev–Trinajstić information content (AvgIpc) is 4.22. The van der Waals surface area contributed by atoms with E-state index in [0.29, 0.717) is 12.1 Å². The van der Waals surface area contributed by atoms with Crippen molar-refractivity contribution in [1.29, 1.82) is 0 Å². The predicted octanol–water partition coefficient (Wildman–Crippen LogP) is 14.0. The number of rotatable bonds is 20. The normalized spacial score (nSPS) is 17.4. The molecule has 3 heterocycles. The highest BCUT2D eigenvalue weighted by atomic mass is 32.2. The average molecular weight is 989 g/mol. The highest BCUT2D eigenvalue weighted by Crippen LogP contribution is 2.33. The van der Waals surface area contributed by atoms with Crippen LogP contribution in [0.4, 0.5) is 11.4 Å². The lowest BCUT2D eigenvalue weighted by atomic mass is 9.86. The number of anilines is 2. The summed E-state index contributed by atoms with van der Waals surface area (Å²) in [5.74, 6) is 0. The number of fused-ring (bicyclic) bond motifs is 3. The smallest absolute Gasteiger partial charge is 0.0373 e. The van der Waals surface area contributed by atoms with Gasteiger partial charge in [-0.2, -0.15) is 34.0 Å². The lowest BCUT2D eigenvalue weighted by Gasteiger charge is -2.36. The maximum atomic E-state index is 6.21. The molecule has 0 bridgehead atoms. The topological polar surface area (TPSA) is 47.8 Å². The first kappa shape index (κ1) is 52.4. The van der Waals surface area contributed by atoms with E-state index in [0.717, 1.165) is 31.1 Å². The van der Waals surface area contributed by atoms with Gasteiger partial charge in [-0.05, 0) is 241 Å². The minimum Gasteiger partial charge on any atom is -0.398 e. The van der Waals surface area contributed by atoms with Crippen LogP contribution in [0.15, 0.2) is 110 Å². The van der Waals surface area contributed by atoms with Crippen molar-refractivity contribution in [3.63, 3.8) is 0 Å². The summed E-state index contributed by atoms with van der Waals surface area (Å²) in [5.41, 5.74) is 22.1. The van der Waals surface area contributed by atoms with Crippen LogP contribution in [0.1, 0.15) is 109 Å². The van der Waals surface area contributed by atoms with Crippen LogP contribution < -0.4 is 11.1 Å². The third-order valence-corrected chi connectivity index (χ3v) is 17.8. The number of nitrogens with zero attached hydrogens (tertiary/aromatic N) is 3. The van der Waals surface area contributed by atoms with Crippen LogP contribution in [-0.2, 0) is 57.8 Å². The molecule has 366 valence electrons. The molecule has 68 heavy (non-hydrogen) atoms. The van der Waals surface area contributed by atoms with Crippen LogP contribution in [0.25, 0.3) is 0 Å². The van der Waals surface area contributed by atoms with Crippen molar-refractivity contribution in [1.82, 2.24) is 14.7 Å². The summed E-state index contributed by atoms with van der Waals surface area (Å²) in [7, 11) is 2.04. The number of nitrogen functional groups attached to an aromatic ring is 1. The number of thiophene rings is 3. The summed E-state index contributed by atoms with van der Waals surface area (Å²) in [4.78, 5) is 9.65. The molecule has 3 aromatic heterocycles. The van der Waals surface area contributed by atoms with Gasteiger partial charge in [0.25, 0.3) is 0 Å². The maximum Gasteiger partial charge on any atom is 0.0373 e. The van der Waals surface area contributed by atoms with E-state index in [9.17, 15) is 0 Å². The standard InChI is InChI=1S/C20H28N2S.C20H27NS2.C19H26N2S/c1-3-11-22(12-9-16-10-13-23-15-16)18-8-7-17-5-4-6-20(21-2)19(17)14-18;1-3-11-21(12-9-16-10-13-23-15-16)18-8-7-17-5-4-6-20(22-2)19(17)14-18;1-2-10-21(11-8-15-9-12-22-14-15)17-7-6-16-4-3-5-19(20)18(16)13-17/h4-6,10,13,15,18,21H,3,7-9,11-12,14H2,1-2H3;4-6,10,13,15,18H,3,7-9,11-12,14H2,1-2H3;3-5,9,12,14,17H,2,6-8,10-11,13,20H2,1H3. The van der Waals surface area contributed by atoms with E-state index >= 15 is 0 Å². The summed E-state index contributed by atoms with van der Waals surface area (Å²) in [6.45, 7) is 14.1. The highest BCUT2D eigenvalue weighted by Gasteiger charge is 2.28. The van der Waals surface area contributed by atoms with Crippen LogP contribution in [0.5, 0.6) is 0 Å². The Balaban J connectivity index is 0.000000151. The Hall–Kier alpha value is -3.41. The molecule has 0 saturated heterocycles. The van der Waals surface area contributed by atoms with Crippen molar-refractivity contribution in [3.8, 4) is 0 Å². The van der Waals surface area contributed by atoms with Crippen molar-refractivity contribution in [2.75, 3.05) is 63.6 Å². The molecule has 5 nitrogen and oxygen atoms in total. The Morgan fingerprint density at radius 3 is 1.37 bits per heavy atom. The minimum absolute atomic E-state index is 0.649. The molecule has 0 radical (unpaired) electrons. The molecule has 0 spiro atoms. The fourth-order valence-corrected chi connectivity index (χ4v) is 13.9. The third kappa shape index (κ3) is 14.8. The Bertz CT molecular complexity index is 2180. The molecule has 0 aliphatic heterocycles. The Morgan fingerprint density at radius 1 is 0.529 bits per heavy atom. The summed E-state index contributed by atoms with van der Waals surface area (Å²) >= 11 is 7.33. The number of hydrogen-bond donors (Lipinski definition) is 2. The van der Waals surface area contributed by atoms with Crippen LogP contribution in [0.2, 0.25) is 0 Å². The van der Waals surface area contributed by atoms with E-state index in [2.05, 4.69) is 152 Å². The largest absolute Gasteiger partial charge is 0.398 e. The van der Waals surface area contributed by atoms with Gasteiger partial charge in [0.1, 0.15) is 0 Å². The first-order valence-electron chi connectivity index (χ1n) is 26.0. The first-order valence-corrected chi connectivity index (χ1v) is 30.0. The maximum absolute atomic E-state index is 6.21. The summed E-state index contributed by atoms with van der Waals surface area (Å²) in [5, 5.41) is 16.8. The second-order valence-corrected chi connectivity index (χ2v) is 22.4. The zero-order chi connectivity index (χ0) is 47.5. The zero-order valence-corrected chi connectivity index (χ0v) is 45.3. The number of nitrogens with two attached hydrogens (primary N) is 1. The van der Waals surface area contributed by atoms with E-state index in [1.165, 1.54) is 155 Å². The molecule has 0 fully saturated rings. The number of nitrogens with one attached hydrogen (secondary N) is 1. The van der Waals surface area contributed by atoms with Gasteiger partial charge in [-0.25, -0.2) is 0 Å². The second kappa shape index (κ2) is 27.8. The zero-order valence-electron chi connectivity index (χ0n) is 42.0. The fourth-order valence-electron chi connectivity index (χ4n) is 11.1. The van der Waals surface area contributed by atoms with Gasteiger partial charge in [-0.15, -0.1) is 11.8 Å². The van der Waals surface area contributed by atoms with E-state index in [4.69, 9.17) is 5.73 Å². The molecule has 3 aliphatic rings. The molecule has 9 heteroatoms. The van der Waals surface area contributed by atoms with Crippen molar-refractivity contribution in [3.05, 3.63) is 155 Å². The third-order valence-electron chi connectivity index (χ3n) is 14.7. The van der Waals surface area contributed by atoms with E-state index in [1.54, 1.807) is 33.6 Å². The number of thioether (sulfide) groups is 1. The van der Waals surface area contributed by atoms with Crippen molar-refractivity contribution in [2.24, 2.45) is 0 Å². The molecule has 3 unspecified atom stereocenters. The fraction of sp³-hybridized carbons (Fsp3) is 0.492. The Morgan fingerprint density at radius 2 is 0.941 bits per heavy atom. The van der Waals surface area contributed by atoms with Crippen molar-refractivity contribution >= 4 is 57.1 Å². The summed E-state index contributed by atoms with van der Waals surface area (Å²) in [6, 6.07) is 28.8. The molecular weight excluding hydrogens is 907 g/mol. The van der Waals surface area contributed by atoms with Gasteiger partial charge in [0.2, 0.25) is 0 Å². The molecule has 0 saturated carbocycles. The van der Waals surface area contributed by atoms with E-state index in [-0.39, 0.29) is 0 Å².